The van der Waals surface area contributed by atoms with Crippen LogP contribution in [0.15, 0.2) is 18.5 Å². The summed E-state index contributed by atoms with van der Waals surface area (Å²) < 4.78 is 5.46. The summed E-state index contributed by atoms with van der Waals surface area (Å²) in [5.74, 6) is 0.853. The molecule has 0 bridgehead atoms. The third kappa shape index (κ3) is 2.64. The lowest BCUT2D eigenvalue weighted by molar-refractivity contribution is 0.338. The molecule has 88 valence electrons. The van der Waals surface area contributed by atoms with E-state index in [1.54, 1.807) is 6.20 Å². The van der Waals surface area contributed by atoms with Crippen LogP contribution < -0.4 is 15.0 Å². The maximum absolute atomic E-state index is 5.46. The summed E-state index contributed by atoms with van der Waals surface area (Å²) in [6, 6.07) is 2.60. The highest BCUT2D eigenvalue weighted by Crippen LogP contribution is 2.20. The molecule has 1 fully saturated rings. The van der Waals surface area contributed by atoms with Crippen molar-refractivity contribution >= 4 is 5.69 Å². The van der Waals surface area contributed by atoms with Crippen LogP contribution in [0.4, 0.5) is 5.69 Å². The molecule has 4 nitrogen and oxygen atoms in total. The highest BCUT2D eigenvalue weighted by Gasteiger charge is 2.16. The van der Waals surface area contributed by atoms with Crippen molar-refractivity contribution < 1.29 is 4.74 Å². The van der Waals surface area contributed by atoms with Gasteiger partial charge < -0.3 is 15.0 Å². The van der Waals surface area contributed by atoms with Crippen LogP contribution in [0.5, 0.6) is 5.75 Å². The zero-order chi connectivity index (χ0) is 11.4. The second-order valence-electron chi connectivity index (χ2n) is 4.11. The van der Waals surface area contributed by atoms with Crippen molar-refractivity contribution in [3.05, 3.63) is 18.5 Å². The fourth-order valence-electron chi connectivity index (χ4n) is 1.99. The molecule has 1 unspecified atom stereocenters. The second-order valence-corrected chi connectivity index (χ2v) is 4.11. The largest absolute Gasteiger partial charge is 0.492 e. The molecule has 2 heterocycles. The number of hydrogen-bond acceptors (Lipinski definition) is 4. The standard InChI is InChI=1S/C12H19N3O/c1-3-16-12-6-11(7-13-8-12)15-5-4-14-10(2)9-15/h6-8,10,14H,3-5,9H2,1-2H3. The molecule has 1 aromatic rings. The Hall–Kier alpha value is -1.29. The Morgan fingerprint density at radius 3 is 3.19 bits per heavy atom. The van der Waals surface area contributed by atoms with E-state index in [0.29, 0.717) is 12.6 Å². The first-order valence-corrected chi connectivity index (χ1v) is 5.85. The van der Waals surface area contributed by atoms with Crippen molar-refractivity contribution in [3.63, 3.8) is 0 Å². The number of ether oxygens (including phenoxy) is 1. The minimum Gasteiger partial charge on any atom is -0.492 e. The van der Waals surface area contributed by atoms with Gasteiger partial charge in [-0.15, -0.1) is 0 Å². The van der Waals surface area contributed by atoms with Crippen molar-refractivity contribution in [2.75, 3.05) is 31.1 Å². The Kier molecular flexibility index (Phi) is 3.62. The van der Waals surface area contributed by atoms with E-state index in [0.717, 1.165) is 31.1 Å². The summed E-state index contributed by atoms with van der Waals surface area (Å²) in [6.45, 7) is 7.95. The van der Waals surface area contributed by atoms with Gasteiger partial charge in [0, 0.05) is 31.7 Å². The molecule has 1 aromatic heterocycles. The zero-order valence-electron chi connectivity index (χ0n) is 9.94. The molecule has 0 amide bonds. The van der Waals surface area contributed by atoms with Crippen LogP contribution in [0, 0.1) is 0 Å². The first-order chi connectivity index (χ1) is 7.79. The van der Waals surface area contributed by atoms with Crippen LogP contribution in [0.25, 0.3) is 0 Å². The Morgan fingerprint density at radius 2 is 2.44 bits per heavy atom. The molecule has 0 saturated carbocycles. The minimum atomic E-state index is 0.532. The summed E-state index contributed by atoms with van der Waals surface area (Å²) in [6.07, 6.45) is 3.67. The number of anilines is 1. The number of pyridine rings is 1. The van der Waals surface area contributed by atoms with Gasteiger partial charge in [-0.05, 0) is 13.8 Å². The molecule has 0 aliphatic carbocycles. The number of nitrogens with zero attached hydrogens (tertiary/aromatic N) is 2. The first kappa shape index (κ1) is 11.2. The summed E-state index contributed by atoms with van der Waals surface area (Å²) in [4.78, 5) is 6.56. The molecule has 1 aliphatic heterocycles. The lowest BCUT2D eigenvalue weighted by atomic mass is 10.2. The van der Waals surface area contributed by atoms with Gasteiger partial charge in [-0.3, -0.25) is 4.98 Å². The molecular weight excluding hydrogens is 202 g/mol. The van der Waals surface area contributed by atoms with Gasteiger partial charge in [-0.2, -0.15) is 0 Å². The smallest absolute Gasteiger partial charge is 0.139 e. The molecule has 1 saturated heterocycles. The predicted molar refractivity (Wildman–Crippen MR) is 65.1 cm³/mol. The van der Waals surface area contributed by atoms with Crippen LogP contribution in [0.3, 0.4) is 0 Å². The lowest BCUT2D eigenvalue weighted by Crippen LogP contribution is -2.49. The van der Waals surface area contributed by atoms with Gasteiger partial charge in [0.25, 0.3) is 0 Å². The average molecular weight is 221 g/mol. The van der Waals surface area contributed by atoms with Crippen molar-refractivity contribution in [1.29, 1.82) is 0 Å². The summed E-state index contributed by atoms with van der Waals surface area (Å²) in [5, 5.41) is 3.43. The Morgan fingerprint density at radius 1 is 1.56 bits per heavy atom. The number of piperazine rings is 1. The van der Waals surface area contributed by atoms with Crippen molar-refractivity contribution in [3.8, 4) is 5.75 Å². The molecule has 1 N–H and O–H groups in total. The lowest BCUT2D eigenvalue weighted by Gasteiger charge is -2.33. The van der Waals surface area contributed by atoms with Crippen molar-refractivity contribution in [1.82, 2.24) is 10.3 Å². The highest BCUT2D eigenvalue weighted by atomic mass is 16.5. The van der Waals surface area contributed by atoms with Gasteiger partial charge in [-0.1, -0.05) is 0 Å². The second kappa shape index (κ2) is 5.16. The van der Waals surface area contributed by atoms with Gasteiger partial charge in [0.15, 0.2) is 0 Å². The Labute approximate surface area is 96.6 Å². The topological polar surface area (TPSA) is 37.4 Å². The van der Waals surface area contributed by atoms with Crippen LogP contribution in [-0.4, -0.2) is 37.3 Å². The maximum Gasteiger partial charge on any atom is 0.139 e. The van der Waals surface area contributed by atoms with Crippen LogP contribution in [0.1, 0.15) is 13.8 Å². The average Bonchev–Trinajstić information content (AvgIpc) is 2.30. The molecule has 0 radical (unpaired) electrons. The van der Waals surface area contributed by atoms with E-state index in [9.17, 15) is 0 Å². The van der Waals surface area contributed by atoms with Crippen LogP contribution >= 0.6 is 0 Å². The molecule has 1 atom stereocenters. The third-order valence-corrected chi connectivity index (χ3v) is 2.74. The number of aromatic nitrogens is 1. The summed E-state index contributed by atoms with van der Waals surface area (Å²) >= 11 is 0. The normalized spacial score (nSPS) is 20.9. The van der Waals surface area contributed by atoms with Gasteiger partial charge in [0.05, 0.1) is 24.7 Å². The van der Waals surface area contributed by atoms with E-state index in [4.69, 9.17) is 4.74 Å². The number of rotatable bonds is 3. The fourth-order valence-corrected chi connectivity index (χ4v) is 1.99. The first-order valence-electron chi connectivity index (χ1n) is 5.85. The molecule has 2 rings (SSSR count). The summed E-state index contributed by atoms with van der Waals surface area (Å²) in [5.41, 5.74) is 1.15. The Balaban J connectivity index is 2.09. The monoisotopic (exact) mass is 221 g/mol. The van der Waals surface area contributed by atoms with E-state index in [1.807, 2.05) is 13.1 Å². The quantitative estimate of drug-likeness (QED) is 0.834. The number of nitrogens with one attached hydrogen (secondary N) is 1. The minimum absolute atomic E-state index is 0.532. The fraction of sp³-hybridized carbons (Fsp3) is 0.583. The molecular formula is C12H19N3O. The SMILES string of the molecule is CCOc1cncc(N2CCNC(C)C2)c1. The third-order valence-electron chi connectivity index (χ3n) is 2.74. The van der Waals surface area contributed by atoms with E-state index in [1.165, 1.54) is 0 Å². The van der Waals surface area contributed by atoms with Crippen molar-refractivity contribution in [2.24, 2.45) is 0 Å². The van der Waals surface area contributed by atoms with Gasteiger partial charge >= 0.3 is 0 Å². The zero-order valence-corrected chi connectivity index (χ0v) is 9.94. The van der Waals surface area contributed by atoms with E-state index >= 15 is 0 Å². The number of hydrogen-bond donors (Lipinski definition) is 1. The van der Waals surface area contributed by atoms with E-state index in [2.05, 4.69) is 28.2 Å². The van der Waals surface area contributed by atoms with Gasteiger partial charge in [0.2, 0.25) is 0 Å². The Bertz CT molecular complexity index is 343. The molecule has 0 spiro atoms. The van der Waals surface area contributed by atoms with E-state index < -0.39 is 0 Å². The molecule has 0 aromatic carbocycles. The predicted octanol–water partition coefficient (Wildman–Crippen LogP) is 1.28. The molecule has 4 heteroatoms. The van der Waals surface area contributed by atoms with Crippen molar-refractivity contribution in [2.45, 2.75) is 19.9 Å². The van der Waals surface area contributed by atoms with Gasteiger partial charge in [0.1, 0.15) is 5.75 Å². The van der Waals surface area contributed by atoms with Crippen LogP contribution in [0.2, 0.25) is 0 Å². The summed E-state index contributed by atoms with van der Waals surface area (Å²) in [7, 11) is 0. The maximum atomic E-state index is 5.46. The molecule has 16 heavy (non-hydrogen) atoms. The van der Waals surface area contributed by atoms with Crippen LogP contribution in [-0.2, 0) is 0 Å². The molecule has 1 aliphatic rings. The highest BCUT2D eigenvalue weighted by molar-refractivity contribution is 5.48. The van der Waals surface area contributed by atoms with Gasteiger partial charge in [-0.25, -0.2) is 0 Å². The van der Waals surface area contributed by atoms with E-state index in [-0.39, 0.29) is 0 Å².